The SMILES string of the molecule is O=C(c1ccc2c(c1)OCCO2)C1CCN(C(=O)Nc2ccccc2)CC1. The first-order valence-corrected chi connectivity index (χ1v) is 9.25. The Morgan fingerprint density at radius 3 is 2.37 bits per heavy atom. The third-order valence-electron chi connectivity index (χ3n) is 5.00. The molecular formula is C21H22N2O4. The number of Topliss-reactive ketones (excluding diaryl/α,β-unsaturated/α-hetero) is 1. The lowest BCUT2D eigenvalue weighted by Crippen LogP contribution is -2.42. The summed E-state index contributed by atoms with van der Waals surface area (Å²) in [6.07, 6.45) is 1.32. The summed E-state index contributed by atoms with van der Waals surface area (Å²) in [5.74, 6) is 1.35. The van der Waals surface area contributed by atoms with Crippen molar-refractivity contribution >= 4 is 17.5 Å². The summed E-state index contributed by atoms with van der Waals surface area (Å²) in [7, 11) is 0. The topological polar surface area (TPSA) is 67.9 Å². The van der Waals surface area contributed by atoms with Gasteiger partial charge in [0.2, 0.25) is 0 Å². The lowest BCUT2D eigenvalue weighted by molar-refractivity contribution is 0.0858. The van der Waals surface area contributed by atoms with Gasteiger partial charge >= 0.3 is 6.03 Å². The van der Waals surface area contributed by atoms with E-state index in [2.05, 4.69) is 5.32 Å². The third-order valence-corrected chi connectivity index (χ3v) is 5.00. The van der Waals surface area contributed by atoms with Crippen molar-refractivity contribution in [2.24, 2.45) is 5.92 Å². The maximum atomic E-state index is 12.8. The monoisotopic (exact) mass is 366 g/mol. The standard InChI is InChI=1S/C21H22N2O4/c24-20(16-6-7-18-19(14-16)27-13-12-26-18)15-8-10-23(11-9-15)21(25)22-17-4-2-1-3-5-17/h1-7,14-15H,8-13H2,(H,22,25). The molecule has 140 valence electrons. The number of rotatable bonds is 3. The van der Waals surface area contributed by atoms with E-state index < -0.39 is 0 Å². The molecule has 0 aliphatic carbocycles. The zero-order chi connectivity index (χ0) is 18.6. The van der Waals surface area contributed by atoms with E-state index in [9.17, 15) is 9.59 Å². The highest BCUT2D eigenvalue weighted by molar-refractivity contribution is 5.98. The van der Waals surface area contributed by atoms with Gasteiger partial charge in [-0.1, -0.05) is 18.2 Å². The molecule has 0 unspecified atom stereocenters. The van der Waals surface area contributed by atoms with Gasteiger partial charge in [0, 0.05) is 30.3 Å². The number of amides is 2. The smallest absolute Gasteiger partial charge is 0.321 e. The Bertz CT molecular complexity index is 829. The second-order valence-electron chi connectivity index (χ2n) is 6.78. The Kier molecular flexibility index (Phi) is 4.96. The minimum absolute atomic E-state index is 0.0756. The van der Waals surface area contributed by atoms with Crippen molar-refractivity contribution in [3.8, 4) is 11.5 Å². The van der Waals surface area contributed by atoms with Crippen LogP contribution in [0.15, 0.2) is 48.5 Å². The normalized spacial score (nSPS) is 16.7. The summed E-state index contributed by atoms with van der Waals surface area (Å²) < 4.78 is 11.1. The molecule has 0 radical (unpaired) electrons. The molecule has 1 N–H and O–H groups in total. The van der Waals surface area contributed by atoms with Crippen LogP contribution in [0.3, 0.4) is 0 Å². The third kappa shape index (κ3) is 3.89. The van der Waals surface area contributed by atoms with Gasteiger partial charge in [-0.05, 0) is 43.2 Å². The van der Waals surface area contributed by atoms with E-state index in [1.165, 1.54) is 0 Å². The van der Waals surface area contributed by atoms with Crippen LogP contribution < -0.4 is 14.8 Å². The molecule has 2 aliphatic rings. The number of nitrogens with one attached hydrogen (secondary N) is 1. The van der Waals surface area contributed by atoms with E-state index in [4.69, 9.17) is 9.47 Å². The number of nitrogens with zero attached hydrogens (tertiary/aromatic N) is 1. The number of ether oxygens (including phenoxy) is 2. The van der Waals surface area contributed by atoms with Gasteiger partial charge in [-0.15, -0.1) is 0 Å². The van der Waals surface area contributed by atoms with Crippen molar-refractivity contribution in [1.29, 1.82) is 0 Å². The first-order valence-electron chi connectivity index (χ1n) is 9.25. The van der Waals surface area contributed by atoms with Crippen LogP contribution in [0.1, 0.15) is 23.2 Å². The maximum absolute atomic E-state index is 12.8. The molecule has 0 saturated carbocycles. The Morgan fingerprint density at radius 1 is 0.926 bits per heavy atom. The number of ketones is 1. The Hall–Kier alpha value is -3.02. The van der Waals surface area contributed by atoms with Crippen molar-refractivity contribution in [2.45, 2.75) is 12.8 Å². The molecule has 0 aromatic heterocycles. The molecule has 4 rings (SSSR count). The summed E-state index contributed by atoms with van der Waals surface area (Å²) in [6, 6.07) is 14.6. The fourth-order valence-electron chi connectivity index (χ4n) is 3.50. The number of carbonyl (C=O) groups excluding carboxylic acids is 2. The summed E-state index contributed by atoms with van der Waals surface area (Å²) in [5.41, 5.74) is 1.42. The molecule has 2 heterocycles. The average molecular weight is 366 g/mol. The molecule has 1 fully saturated rings. The molecule has 6 nitrogen and oxygen atoms in total. The Balaban J connectivity index is 1.35. The van der Waals surface area contributed by atoms with Crippen LogP contribution in [0.5, 0.6) is 11.5 Å². The van der Waals surface area contributed by atoms with Crippen LogP contribution in [0.2, 0.25) is 0 Å². The number of urea groups is 1. The van der Waals surface area contributed by atoms with E-state index in [0.29, 0.717) is 56.2 Å². The lowest BCUT2D eigenvalue weighted by atomic mass is 9.89. The number of benzene rings is 2. The van der Waals surface area contributed by atoms with E-state index in [-0.39, 0.29) is 17.7 Å². The molecule has 0 atom stereocenters. The van der Waals surface area contributed by atoms with Crippen LogP contribution >= 0.6 is 0 Å². The van der Waals surface area contributed by atoms with Crippen molar-refractivity contribution < 1.29 is 19.1 Å². The number of carbonyl (C=O) groups is 2. The first kappa shape index (κ1) is 17.4. The molecular weight excluding hydrogens is 344 g/mol. The van der Waals surface area contributed by atoms with Crippen molar-refractivity contribution in [3.63, 3.8) is 0 Å². The summed E-state index contributed by atoms with van der Waals surface area (Å²) in [4.78, 5) is 27.0. The summed E-state index contributed by atoms with van der Waals surface area (Å²) in [6.45, 7) is 2.17. The van der Waals surface area contributed by atoms with Crippen LogP contribution in [0.25, 0.3) is 0 Å². The Morgan fingerprint density at radius 2 is 1.63 bits per heavy atom. The quantitative estimate of drug-likeness (QED) is 0.843. The fourth-order valence-corrected chi connectivity index (χ4v) is 3.50. The van der Waals surface area contributed by atoms with Gasteiger partial charge in [-0.2, -0.15) is 0 Å². The van der Waals surface area contributed by atoms with Crippen LogP contribution in [-0.4, -0.2) is 43.0 Å². The molecule has 27 heavy (non-hydrogen) atoms. The lowest BCUT2D eigenvalue weighted by Gasteiger charge is -2.31. The molecule has 2 aromatic carbocycles. The summed E-state index contributed by atoms with van der Waals surface area (Å²) >= 11 is 0. The molecule has 2 amide bonds. The largest absolute Gasteiger partial charge is 0.486 e. The molecule has 0 spiro atoms. The number of likely N-dealkylation sites (tertiary alicyclic amines) is 1. The van der Waals surface area contributed by atoms with Gasteiger partial charge in [-0.3, -0.25) is 4.79 Å². The van der Waals surface area contributed by atoms with Gasteiger partial charge < -0.3 is 19.7 Å². The number of hydrogen-bond donors (Lipinski definition) is 1. The van der Waals surface area contributed by atoms with E-state index in [1.807, 2.05) is 30.3 Å². The second kappa shape index (κ2) is 7.70. The van der Waals surface area contributed by atoms with E-state index in [1.54, 1.807) is 23.1 Å². The highest BCUT2D eigenvalue weighted by atomic mass is 16.6. The van der Waals surface area contributed by atoms with Gasteiger partial charge in [-0.25, -0.2) is 4.79 Å². The predicted octanol–water partition coefficient (Wildman–Crippen LogP) is 3.58. The molecule has 6 heteroatoms. The minimum Gasteiger partial charge on any atom is -0.486 e. The fraction of sp³-hybridized carbons (Fsp3) is 0.333. The first-order chi connectivity index (χ1) is 13.2. The number of hydrogen-bond acceptors (Lipinski definition) is 4. The molecule has 2 aromatic rings. The average Bonchev–Trinajstić information content (AvgIpc) is 2.73. The highest BCUT2D eigenvalue weighted by Crippen LogP contribution is 2.32. The molecule has 0 bridgehead atoms. The van der Waals surface area contributed by atoms with Crippen LogP contribution in [0, 0.1) is 5.92 Å². The van der Waals surface area contributed by atoms with Gasteiger partial charge in [0.1, 0.15) is 13.2 Å². The van der Waals surface area contributed by atoms with Crippen molar-refractivity contribution in [2.75, 3.05) is 31.6 Å². The zero-order valence-electron chi connectivity index (χ0n) is 15.0. The van der Waals surface area contributed by atoms with Crippen molar-refractivity contribution in [3.05, 3.63) is 54.1 Å². The molecule has 2 aliphatic heterocycles. The summed E-state index contributed by atoms with van der Waals surface area (Å²) in [5, 5.41) is 2.89. The van der Waals surface area contributed by atoms with Gasteiger partial charge in [0.05, 0.1) is 0 Å². The molecule has 1 saturated heterocycles. The number of fused-ring (bicyclic) bond motifs is 1. The second-order valence-corrected chi connectivity index (χ2v) is 6.78. The number of piperidine rings is 1. The van der Waals surface area contributed by atoms with E-state index in [0.717, 1.165) is 5.69 Å². The minimum atomic E-state index is -0.119. The number of anilines is 1. The Labute approximate surface area is 158 Å². The maximum Gasteiger partial charge on any atom is 0.321 e. The highest BCUT2D eigenvalue weighted by Gasteiger charge is 2.28. The number of para-hydroxylation sites is 1. The zero-order valence-corrected chi connectivity index (χ0v) is 15.0. The predicted molar refractivity (Wildman–Crippen MR) is 102 cm³/mol. The van der Waals surface area contributed by atoms with Gasteiger partial charge in [0.15, 0.2) is 17.3 Å². The van der Waals surface area contributed by atoms with Crippen molar-refractivity contribution in [1.82, 2.24) is 4.90 Å². The van der Waals surface area contributed by atoms with Gasteiger partial charge in [0.25, 0.3) is 0 Å². The van der Waals surface area contributed by atoms with E-state index >= 15 is 0 Å². The van der Waals surface area contributed by atoms with Crippen LogP contribution in [-0.2, 0) is 0 Å². The van der Waals surface area contributed by atoms with Crippen LogP contribution in [0.4, 0.5) is 10.5 Å².